The quantitative estimate of drug-likeness (QED) is 0.744. The summed E-state index contributed by atoms with van der Waals surface area (Å²) in [6.45, 7) is 1.84. The van der Waals surface area contributed by atoms with Gasteiger partial charge in [-0.2, -0.15) is 0 Å². The van der Waals surface area contributed by atoms with E-state index in [-0.39, 0.29) is 18.6 Å². The van der Waals surface area contributed by atoms with E-state index < -0.39 is 0 Å². The summed E-state index contributed by atoms with van der Waals surface area (Å²) in [4.78, 5) is 11.7. The fourth-order valence-corrected chi connectivity index (χ4v) is 1.65. The number of carbonyl (C=O) groups excluding carboxylic acids is 1. The van der Waals surface area contributed by atoms with Gasteiger partial charge in [0.15, 0.2) is 11.5 Å². The maximum Gasteiger partial charge on any atom is 0.244 e. The fourth-order valence-electron chi connectivity index (χ4n) is 1.65. The monoisotopic (exact) mass is 279 g/mol. The van der Waals surface area contributed by atoms with Gasteiger partial charge in [0.1, 0.15) is 0 Å². The highest BCUT2D eigenvalue weighted by Gasteiger charge is 2.06. The molecule has 2 N–H and O–H groups in total. The van der Waals surface area contributed by atoms with Crippen molar-refractivity contribution in [1.82, 2.24) is 5.32 Å². The maximum atomic E-state index is 11.7. The van der Waals surface area contributed by atoms with E-state index in [0.29, 0.717) is 17.9 Å². The van der Waals surface area contributed by atoms with Gasteiger partial charge in [-0.15, -0.1) is 0 Å². The molecule has 1 aromatic rings. The Bertz CT molecular complexity index is 467. The lowest BCUT2D eigenvalue weighted by Crippen LogP contribution is -2.35. The summed E-state index contributed by atoms with van der Waals surface area (Å²) in [5.74, 6) is 1.01. The number of aliphatic hydroxyl groups is 1. The average Bonchev–Trinajstić information content (AvgIpc) is 2.50. The molecule has 5 heteroatoms. The Morgan fingerprint density at radius 2 is 2.05 bits per heavy atom. The van der Waals surface area contributed by atoms with Crippen molar-refractivity contribution in [3.63, 3.8) is 0 Å². The minimum atomic E-state index is -0.235. The van der Waals surface area contributed by atoms with Gasteiger partial charge in [-0.3, -0.25) is 4.79 Å². The van der Waals surface area contributed by atoms with E-state index >= 15 is 0 Å². The topological polar surface area (TPSA) is 67.8 Å². The first-order valence-electron chi connectivity index (χ1n) is 6.46. The van der Waals surface area contributed by atoms with Crippen LogP contribution in [0, 0.1) is 0 Å². The zero-order valence-corrected chi connectivity index (χ0v) is 12.1. The van der Waals surface area contributed by atoms with Crippen LogP contribution in [0.2, 0.25) is 0 Å². The van der Waals surface area contributed by atoms with Gasteiger partial charge in [-0.05, 0) is 30.2 Å². The molecule has 0 fully saturated rings. The van der Waals surface area contributed by atoms with Crippen molar-refractivity contribution in [2.24, 2.45) is 0 Å². The summed E-state index contributed by atoms with van der Waals surface area (Å²) in [5, 5.41) is 11.7. The second kappa shape index (κ2) is 8.22. The molecule has 0 aliphatic carbocycles. The molecule has 0 spiro atoms. The Morgan fingerprint density at radius 1 is 1.35 bits per heavy atom. The number of rotatable bonds is 7. The number of amides is 1. The molecule has 1 aromatic carbocycles. The summed E-state index contributed by atoms with van der Waals surface area (Å²) in [6.07, 6.45) is 3.80. The highest BCUT2D eigenvalue weighted by atomic mass is 16.5. The van der Waals surface area contributed by atoms with E-state index in [9.17, 15) is 4.79 Å². The highest BCUT2D eigenvalue weighted by Crippen LogP contribution is 2.27. The van der Waals surface area contributed by atoms with Gasteiger partial charge in [0.2, 0.25) is 5.91 Å². The Kier molecular flexibility index (Phi) is 6.59. The van der Waals surface area contributed by atoms with Crippen LogP contribution in [0.1, 0.15) is 18.9 Å². The smallest absolute Gasteiger partial charge is 0.244 e. The normalized spacial score (nSPS) is 12.2. The van der Waals surface area contributed by atoms with Gasteiger partial charge in [0, 0.05) is 6.08 Å². The van der Waals surface area contributed by atoms with Crippen LogP contribution in [-0.4, -0.2) is 37.9 Å². The molecule has 0 aromatic heterocycles. The minimum absolute atomic E-state index is 0.0631. The number of hydrogen-bond donors (Lipinski definition) is 2. The molecule has 1 rings (SSSR count). The Labute approximate surface area is 119 Å². The zero-order chi connectivity index (χ0) is 15.0. The summed E-state index contributed by atoms with van der Waals surface area (Å²) in [5.41, 5.74) is 0.829. The summed E-state index contributed by atoms with van der Waals surface area (Å²) in [7, 11) is 3.13. The van der Waals surface area contributed by atoms with Crippen LogP contribution in [0.25, 0.3) is 6.08 Å². The van der Waals surface area contributed by atoms with Gasteiger partial charge >= 0.3 is 0 Å². The second-order valence-electron chi connectivity index (χ2n) is 4.24. The standard InChI is InChI=1S/C15H21NO4/c1-4-12(10-17)16-15(18)8-6-11-5-7-13(19-2)14(9-11)20-3/h5-9,12,17H,4,10H2,1-3H3,(H,16,18). The molecule has 0 radical (unpaired) electrons. The molecule has 0 saturated carbocycles. The van der Waals surface area contributed by atoms with Crippen molar-refractivity contribution in [2.45, 2.75) is 19.4 Å². The Balaban J connectivity index is 2.72. The predicted octanol–water partition coefficient (Wildman–Crippen LogP) is 1.60. The second-order valence-corrected chi connectivity index (χ2v) is 4.24. The molecular formula is C15H21NO4. The maximum absolute atomic E-state index is 11.7. The fraction of sp³-hybridized carbons (Fsp3) is 0.400. The van der Waals surface area contributed by atoms with Crippen molar-refractivity contribution in [2.75, 3.05) is 20.8 Å². The van der Waals surface area contributed by atoms with Crippen molar-refractivity contribution in [3.05, 3.63) is 29.8 Å². The molecule has 1 unspecified atom stereocenters. The SMILES string of the molecule is CCC(CO)NC(=O)C=Cc1ccc(OC)c(OC)c1. The summed E-state index contributed by atoms with van der Waals surface area (Å²) < 4.78 is 10.3. The molecule has 20 heavy (non-hydrogen) atoms. The lowest BCUT2D eigenvalue weighted by atomic mass is 10.2. The van der Waals surface area contributed by atoms with Gasteiger partial charge in [0.05, 0.1) is 26.9 Å². The number of benzene rings is 1. The number of nitrogens with one attached hydrogen (secondary N) is 1. The van der Waals surface area contributed by atoms with Crippen molar-refractivity contribution < 1.29 is 19.4 Å². The number of ether oxygens (including phenoxy) is 2. The lowest BCUT2D eigenvalue weighted by Gasteiger charge is -2.11. The van der Waals surface area contributed by atoms with Gasteiger partial charge in [0.25, 0.3) is 0 Å². The summed E-state index contributed by atoms with van der Waals surface area (Å²) >= 11 is 0. The highest BCUT2D eigenvalue weighted by molar-refractivity contribution is 5.92. The third-order valence-corrected chi connectivity index (χ3v) is 2.89. The third-order valence-electron chi connectivity index (χ3n) is 2.89. The molecule has 0 aliphatic rings. The average molecular weight is 279 g/mol. The Morgan fingerprint density at radius 3 is 2.60 bits per heavy atom. The molecule has 0 heterocycles. The molecule has 110 valence electrons. The van der Waals surface area contributed by atoms with Gasteiger partial charge in [-0.1, -0.05) is 13.0 Å². The van der Waals surface area contributed by atoms with Crippen LogP contribution in [0.15, 0.2) is 24.3 Å². The van der Waals surface area contributed by atoms with E-state index in [2.05, 4.69) is 5.32 Å². The van der Waals surface area contributed by atoms with Crippen LogP contribution in [0.4, 0.5) is 0 Å². The van der Waals surface area contributed by atoms with Crippen LogP contribution < -0.4 is 14.8 Å². The van der Waals surface area contributed by atoms with Crippen molar-refractivity contribution in [1.29, 1.82) is 0 Å². The number of hydrogen-bond acceptors (Lipinski definition) is 4. The molecule has 1 amide bonds. The first-order chi connectivity index (χ1) is 9.64. The van der Waals surface area contributed by atoms with Crippen LogP contribution in [0.3, 0.4) is 0 Å². The summed E-state index contributed by atoms with van der Waals surface area (Å²) in [6, 6.07) is 5.18. The number of aliphatic hydroxyl groups excluding tert-OH is 1. The first-order valence-corrected chi connectivity index (χ1v) is 6.46. The van der Waals surface area contributed by atoms with E-state index in [1.165, 1.54) is 6.08 Å². The predicted molar refractivity (Wildman–Crippen MR) is 77.9 cm³/mol. The van der Waals surface area contributed by atoms with E-state index in [1.807, 2.05) is 13.0 Å². The van der Waals surface area contributed by atoms with Gasteiger partial charge in [-0.25, -0.2) is 0 Å². The van der Waals surface area contributed by atoms with E-state index in [4.69, 9.17) is 14.6 Å². The molecule has 5 nitrogen and oxygen atoms in total. The van der Waals surface area contributed by atoms with Crippen LogP contribution in [-0.2, 0) is 4.79 Å². The molecular weight excluding hydrogens is 258 g/mol. The molecule has 1 atom stereocenters. The largest absolute Gasteiger partial charge is 0.493 e. The van der Waals surface area contributed by atoms with Crippen LogP contribution >= 0.6 is 0 Å². The van der Waals surface area contributed by atoms with Gasteiger partial charge < -0.3 is 19.9 Å². The molecule has 0 saturated heterocycles. The molecule has 0 aliphatic heterocycles. The number of carbonyl (C=O) groups is 1. The first kappa shape index (κ1) is 16.0. The lowest BCUT2D eigenvalue weighted by molar-refractivity contribution is -0.117. The third kappa shape index (κ3) is 4.59. The number of methoxy groups -OCH3 is 2. The van der Waals surface area contributed by atoms with E-state index in [1.54, 1.807) is 32.4 Å². The Hall–Kier alpha value is -2.01. The minimum Gasteiger partial charge on any atom is -0.493 e. The zero-order valence-electron chi connectivity index (χ0n) is 12.1. The van der Waals surface area contributed by atoms with Crippen LogP contribution in [0.5, 0.6) is 11.5 Å². The molecule has 0 bridgehead atoms. The van der Waals surface area contributed by atoms with Crippen molar-refractivity contribution >= 4 is 12.0 Å². The van der Waals surface area contributed by atoms with E-state index in [0.717, 1.165) is 5.56 Å². The van der Waals surface area contributed by atoms with Crippen molar-refractivity contribution in [3.8, 4) is 11.5 Å².